The van der Waals surface area contributed by atoms with Gasteiger partial charge >= 0.3 is 5.97 Å². The molecule has 100 valence electrons. The van der Waals surface area contributed by atoms with Crippen LogP contribution in [0.15, 0.2) is 4.90 Å². The SMILES string of the molecule is Cc1[nH]nc(C(=O)O)c1S(=O)(=O)NCCC1CC1. The minimum absolute atomic E-state index is 0.228. The van der Waals surface area contributed by atoms with Gasteiger partial charge in [-0.15, -0.1) is 0 Å². The Morgan fingerprint density at radius 3 is 2.78 bits per heavy atom. The largest absolute Gasteiger partial charge is 0.476 e. The van der Waals surface area contributed by atoms with E-state index >= 15 is 0 Å². The van der Waals surface area contributed by atoms with E-state index in [9.17, 15) is 13.2 Å². The van der Waals surface area contributed by atoms with Crippen molar-refractivity contribution < 1.29 is 18.3 Å². The summed E-state index contributed by atoms with van der Waals surface area (Å²) in [5, 5.41) is 14.8. The third-order valence-electron chi connectivity index (χ3n) is 2.90. The van der Waals surface area contributed by atoms with Crippen LogP contribution in [0.3, 0.4) is 0 Å². The zero-order chi connectivity index (χ0) is 13.3. The molecule has 0 unspecified atom stereocenters. The van der Waals surface area contributed by atoms with Crippen molar-refractivity contribution in [1.82, 2.24) is 14.9 Å². The Labute approximate surface area is 105 Å². The number of aromatic nitrogens is 2. The Balaban J connectivity index is 2.16. The molecule has 1 aromatic rings. The van der Waals surface area contributed by atoms with Crippen molar-refractivity contribution >= 4 is 16.0 Å². The fraction of sp³-hybridized carbons (Fsp3) is 0.600. The number of aromatic amines is 1. The highest BCUT2D eigenvalue weighted by molar-refractivity contribution is 7.89. The molecule has 1 aliphatic rings. The summed E-state index contributed by atoms with van der Waals surface area (Å²) in [6, 6.07) is 0. The average Bonchev–Trinajstić information content (AvgIpc) is 2.98. The summed E-state index contributed by atoms with van der Waals surface area (Å²) in [7, 11) is -3.82. The zero-order valence-corrected chi connectivity index (χ0v) is 10.7. The Morgan fingerprint density at radius 2 is 2.22 bits per heavy atom. The van der Waals surface area contributed by atoms with E-state index in [0.29, 0.717) is 12.5 Å². The summed E-state index contributed by atoms with van der Waals surface area (Å²) in [6.07, 6.45) is 3.08. The number of rotatable bonds is 6. The second-order valence-electron chi connectivity index (χ2n) is 4.46. The van der Waals surface area contributed by atoms with Gasteiger partial charge in [0.15, 0.2) is 5.69 Å². The van der Waals surface area contributed by atoms with E-state index in [0.717, 1.165) is 19.3 Å². The number of H-pyrrole nitrogens is 1. The van der Waals surface area contributed by atoms with Crippen LogP contribution < -0.4 is 4.72 Å². The molecule has 1 saturated carbocycles. The van der Waals surface area contributed by atoms with Crippen LogP contribution in [-0.4, -0.2) is 36.2 Å². The van der Waals surface area contributed by atoms with E-state index in [-0.39, 0.29) is 10.6 Å². The summed E-state index contributed by atoms with van der Waals surface area (Å²) in [4.78, 5) is 10.6. The van der Waals surface area contributed by atoms with Crippen LogP contribution in [0.25, 0.3) is 0 Å². The van der Waals surface area contributed by atoms with Crippen molar-refractivity contribution in [2.45, 2.75) is 31.1 Å². The number of carboxylic acids is 1. The maximum absolute atomic E-state index is 12.0. The molecule has 1 aliphatic carbocycles. The lowest BCUT2D eigenvalue weighted by Crippen LogP contribution is -2.27. The second kappa shape index (κ2) is 4.69. The molecular weight excluding hydrogens is 258 g/mol. The fourth-order valence-corrected chi connectivity index (χ4v) is 3.14. The average molecular weight is 273 g/mol. The molecule has 0 aromatic carbocycles. The van der Waals surface area contributed by atoms with Crippen LogP contribution in [0, 0.1) is 12.8 Å². The van der Waals surface area contributed by atoms with Gasteiger partial charge in [0.2, 0.25) is 10.0 Å². The van der Waals surface area contributed by atoms with Crippen molar-refractivity contribution in [2.75, 3.05) is 6.54 Å². The Morgan fingerprint density at radius 1 is 1.56 bits per heavy atom. The molecule has 18 heavy (non-hydrogen) atoms. The number of hydrogen-bond donors (Lipinski definition) is 3. The summed E-state index contributed by atoms with van der Waals surface area (Å²) in [5.74, 6) is -0.751. The fourth-order valence-electron chi connectivity index (χ4n) is 1.77. The maximum Gasteiger partial charge on any atom is 0.357 e. The van der Waals surface area contributed by atoms with Crippen molar-refractivity contribution in [2.24, 2.45) is 5.92 Å². The predicted octanol–water partition coefficient (Wildman–Crippen LogP) is 0.495. The first-order chi connectivity index (χ1) is 8.42. The van der Waals surface area contributed by atoms with Crippen molar-refractivity contribution in [3.63, 3.8) is 0 Å². The van der Waals surface area contributed by atoms with E-state index < -0.39 is 21.7 Å². The molecule has 0 spiro atoms. The number of nitrogens with zero attached hydrogens (tertiary/aromatic N) is 1. The molecule has 0 saturated heterocycles. The summed E-state index contributed by atoms with van der Waals surface area (Å²) < 4.78 is 26.4. The van der Waals surface area contributed by atoms with Gasteiger partial charge in [-0.2, -0.15) is 5.10 Å². The highest BCUT2D eigenvalue weighted by atomic mass is 32.2. The van der Waals surface area contributed by atoms with Gasteiger partial charge in [0.1, 0.15) is 4.90 Å². The molecular formula is C10H15N3O4S. The van der Waals surface area contributed by atoms with Crippen LogP contribution in [0.2, 0.25) is 0 Å². The number of hydrogen-bond acceptors (Lipinski definition) is 4. The first-order valence-corrected chi connectivity index (χ1v) is 7.18. The quantitative estimate of drug-likeness (QED) is 0.698. The van der Waals surface area contributed by atoms with Crippen molar-refractivity contribution in [1.29, 1.82) is 0 Å². The molecule has 0 atom stereocenters. The topological polar surface area (TPSA) is 112 Å². The van der Waals surface area contributed by atoms with E-state index in [4.69, 9.17) is 5.11 Å². The van der Waals surface area contributed by atoms with E-state index in [2.05, 4.69) is 14.9 Å². The van der Waals surface area contributed by atoms with Crippen LogP contribution in [0.1, 0.15) is 35.4 Å². The molecule has 0 aliphatic heterocycles. The molecule has 1 fully saturated rings. The van der Waals surface area contributed by atoms with Crippen LogP contribution >= 0.6 is 0 Å². The molecule has 8 heteroatoms. The molecule has 0 amide bonds. The Hall–Kier alpha value is -1.41. The van der Waals surface area contributed by atoms with Crippen molar-refractivity contribution in [3.8, 4) is 0 Å². The number of nitrogens with one attached hydrogen (secondary N) is 2. The lowest BCUT2D eigenvalue weighted by molar-refractivity contribution is 0.0686. The maximum atomic E-state index is 12.0. The van der Waals surface area contributed by atoms with Gasteiger partial charge in [0, 0.05) is 6.54 Å². The van der Waals surface area contributed by atoms with Gasteiger partial charge in [-0.05, 0) is 19.3 Å². The smallest absolute Gasteiger partial charge is 0.357 e. The summed E-state index contributed by atoms with van der Waals surface area (Å²) in [6.45, 7) is 1.81. The van der Waals surface area contributed by atoms with E-state index in [1.807, 2.05) is 0 Å². The van der Waals surface area contributed by atoms with E-state index in [1.165, 1.54) is 6.92 Å². The minimum Gasteiger partial charge on any atom is -0.476 e. The highest BCUT2D eigenvalue weighted by Gasteiger charge is 2.28. The molecule has 7 nitrogen and oxygen atoms in total. The molecule has 2 rings (SSSR count). The van der Waals surface area contributed by atoms with Gasteiger partial charge < -0.3 is 5.11 Å². The summed E-state index contributed by atoms with van der Waals surface area (Å²) >= 11 is 0. The van der Waals surface area contributed by atoms with Gasteiger partial charge in [-0.25, -0.2) is 17.9 Å². The minimum atomic E-state index is -3.82. The zero-order valence-electron chi connectivity index (χ0n) is 9.93. The molecule has 0 bridgehead atoms. The van der Waals surface area contributed by atoms with Gasteiger partial charge in [-0.1, -0.05) is 12.8 Å². The van der Waals surface area contributed by atoms with Gasteiger partial charge in [-0.3, -0.25) is 5.10 Å². The van der Waals surface area contributed by atoms with Crippen molar-refractivity contribution in [3.05, 3.63) is 11.4 Å². The molecule has 1 aromatic heterocycles. The molecule has 3 N–H and O–H groups in total. The first kappa shape index (κ1) is 13.0. The third kappa shape index (κ3) is 2.70. The lowest BCUT2D eigenvalue weighted by Gasteiger charge is -2.06. The Kier molecular flexibility index (Phi) is 3.40. The number of aryl methyl sites for hydroxylation is 1. The highest BCUT2D eigenvalue weighted by Crippen LogP contribution is 2.31. The second-order valence-corrected chi connectivity index (χ2v) is 6.17. The summed E-state index contributed by atoms with van der Waals surface area (Å²) in [5.41, 5.74) is -0.238. The number of sulfonamides is 1. The number of carboxylic acid groups (broad SMARTS) is 1. The molecule has 0 radical (unpaired) electrons. The van der Waals surface area contributed by atoms with Gasteiger partial charge in [0.05, 0.1) is 5.69 Å². The first-order valence-electron chi connectivity index (χ1n) is 5.69. The van der Waals surface area contributed by atoms with Gasteiger partial charge in [0.25, 0.3) is 0 Å². The lowest BCUT2D eigenvalue weighted by atomic mass is 10.3. The third-order valence-corrected chi connectivity index (χ3v) is 4.53. The Bertz CT molecular complexity index is 560. The standard InChI is InChI=1S/C10H15N3O4S/c1-6-9(8(10(14)15)13-12-6)18(16,17)11-5-4-7-2-3-7/h7,11H,2-5H2,1H3,(H,12,13)(H,14,15). The van der Waals surface area contributed by atoms with E-state index in [1.54, 1.807) is 0 Å². The predicted molar refractivity (Wildman–Crippen MR) is 62.8 cm³/mol. The number of aromatic carboxylic acids is 1. The van der Waals surface area contributed by atoms with Crippen LogP contribution in [-0.2, 0) is 10.0 Å². The van der Waals surface area contributed by atoms with Crippen LogP contribution in [0.5, 0.6) is 0 Å². The normalized spacial score (nSPS) is 15.8. The monoisotopic (exact) mass is 273 g/mol. The number of carbonyl (C=O) groups is 1. The molecule has 1 heterocycles. The van der Waals surface area contributed by atoms with Crippen LogP contribution in [0.4, 0.5) is 0 Å².